The zero-order valence-corrected chi connectivity index (χ0v) is 19.5. The highest BCUT2D eigenvalue weighted by Gasteiger charge is 2.24. The number of piperidine rings is 1. The van der Waals surface area contributed by atoms with Crippen LogP contribution in [0.5, 0.6) is 17.5 Å². The Bertz CT molecular complexity index is 1120. The van der Waals surface area contributed by atoms with Crippen LogP contribution in [0.15, 0.2) is 49.1 Å². The average Bonchev–Trinajstić information content (AvgIpc) is 2.88. The summed E-state index contributed by atoms with van der Waals surface area (Å²) in [5.74, 6) is 2.41. The van der Waals surface area contributed by atoms with Crippen molar-refractivity contribution < 1.29 is 22.0 Å². The van der Waals surface area contributed by atoms with E-state index in [9.17, 15) is 4.21 Å². The second-order valence-electron chi connectivity index (χ2n) is 8.10. The van der Waals surface area contributed by atoms with E-state index in [0.717, 1.165) is 43.0 Å². The van der Waals surface area contributed by atoms with E-state index in [-0.39, 0.29) is 12.0 Å². The first-order valence-electron chi connectivity index (χ1n) is 11.1. The third-order valence-electron chi connectivity index (χ3n) is 5.84. The lowest BCUT2D eigenvalue weighted by Gasteiger charge is -2.32. The summed E-state index contributed by atoms with van der Waals surface area (Å²) >= 11 is -1.64. The maximum absolute atomic E-state index is 11.2. The summed E-state index contributed by atoms with van der Waals surface area (Å²) in [5.41, 5.74) is 1.77. The summed E-state index contributed by atoms with van der Waals surface area (Å²) in [6.45, 7) is 4.25. The lowest BCUT2D eigenvalue weighted by atomic mass is 10.0. The van der Waals surface area contributed by atoms with Gasteiger partial charge in [-0.2, -0.15) is 4.21 Å². The Kier molecular flexibility index (Phi) is 6.93. The number of nitrogens with zero attached hydrogens (tertiary/aromatic N) is 5. The third-order valence-corrected chi connectivity index (χ3v) is 6.50. The largest absolute Gasteiger partial charge is 0.474 e. The van der Waals surface area contributed by atoms with Crippen molar-refractivity contribution in [2.45, 2.75) is 31.8 Å². The average molecular weight is 484 g/mol. The summed E-state index contributed by atoms with van der Waals surface area (Å²) in [4.78, 5) is 19.4. The highest BCUT2D eigenvalue weighted by molar-refractivity contribution is 7.75. The molecule has 2 aromatic heterocycles. The molecule has 2 aliphatic rings. The molecule has 0 aliphatic carbocycles. The van der Waals surface area contributed by atoms with Crippen LogP contribution in [0.3, 0.4) is 0 Å². The van der Waals surface area contributed by atoms with Crippen molar-refractivity contribution in [2.24, 2.45) is 0 Å². The Morgan fingerprint density at radius 1 is 0.971 bits per heavy atom. The number of anilines is 1. The first kappa shape index (κ1) is 22.6. The Morgan fingerprint density at radius 3 is 2.35 bits per heavy atom. The van der Waals surface area contributed by atoms with Gasteiger partial charge in [0.15, 0.2) is 0 Å². The molecule has 4 heterocycles. The molecule has 11 heteroatoms. The molecule has 3 aromatic rings. The maximum Gasteiger partial charge on any atom is 0.304 e. The maximum atomic E-state index is 11.2. The van der Waals surface area contributed by atoms with E-state index < -0.39 is 11.4 Å². The van der Waals surface area contributed by atoms with Crippen molar-refractivity contribution in [3.8, 4) is 17.5 Å². The molecule has 0 unspecified atom stereocenters. The van der Waals surface area contributed by atoms with Crippen LogP contribution in [0.1, 0.15) is 29.9 Å². The van der Waals surface area contributed by atoms with Crippen LogP contribution >= 0.6 is 0 Å². The van der Waals surface area contributed by atoms with Gasteiger partial charge in [-0.05, 0) is 30.7 Å². The smallest absolute Gasteiger partial charge is 0.304 e. The second kappa shape index (κ2) is 10.4. The van der Waals surface area contributed by atoms with Crippen LogP contribution in [-0.2, 0) is 19.7 Å². The molecule has 178 valence electrons. The van der Waals surface area contributed by atoms with Gasteiger partial charge < -0.3 is 14.4 Å². The van der Waals surface area contributed by atoms with Crippen molar-refractivity contribution in [3.05, 3.63) is 60.2 Å². The number of hydrogen-bond acceptors (Lipinski definition) is 10. The third kappa shape index (κ3) is 5.32. The van der Waals surface area contributed by atoms with Gasteiger partial charge in [0.25, 0.3) is 0 Å². The van der Waals surface area contributed by atoms with E-state index in [1.165, 1.54) is 6.33 Å². The molecule has 5 rings (SSSR count). The molecule has 2 fully saturated rings. The van der Waals surface area contributed by atoms with Crippen molar-refractivity contribution in [3.63, 3.8) is 0 Å². The molecule has 0 amide bonds. The molecule has 10 nitrogen and oxygen atoms in total. The summed E-state index contributed by atoms with van der Waals surface area (Å²) in [7, 11) is 0. The molecular weight excluding hydrogens is 458 g/mol. The molecule has 0 bridgehead atoms. The predicted octanol–water partition coefficient (Wildman–Crippen LogP) is 3.12. The van der Waals surface area contributed by atoms with Gasteiger partial charge in [-0.25, -0.2) is 19.9 Å². The fourth-order valence-electron chi connectivity index (χ4n) is 3.90. The van der Waals surface area contributed by atoms with E-state index in [2.05, 4.69) is 24.8 Å². The minimum Gasteiger partial charge on any atom is -0.474 e. The van der Waals surface area contributed by atoms with Crippen molar-refractivity contribution in [2.75, 3.05) is 31.2 Å². The zero-order chi connectivity index (χ0) is 23.3. The van der Waals surface area contributed by atoms with Crippen LogP contribution in [-0.4, -0.2) is 56.6 Å². The molecule has 1 aromatic carbocycles. The number of hydrogen-bond donors (Lipinski definition) is 0. The molecule has 0 N–H and O–H groups in total. The Hall–Kier alpha value is -3.15. The van der Waals surface area contributed by atoms with E-state index in [1.54, 1.807) is 12.4 Å². The molecule has 0 atom stereocenters. The van der Waals surface area contributed by atoms with E-state index in [4.69, 9.17) is 17.8 Å². The highest BCUT2D eigenvalue weighted by Crippen LogP contribution is 2.30. The molecule has 0 spiro atoms. The van der Waals surface area contributed by atoms with Gasteiger partial charge in [0, 0.05) is 44.2 Å². The molecule has 2 saturated heterocycles. The fourth-order valence-corrected chi connectivity index (χ4v) is 4.52. The minimum absolute atomic E-state index is 0.0346. The van der Waals surface area contributed by atoms with Crippen LogP contribution < -0.4 is 14.4 Å². The van der Waals surface area contributed by atoms with E-state index in [1.807, 2.05) is 37.3 Å². The number of aromatic nitrogens is 4. The van der Waals surface area contributed by atoms with E-state index >= 15 is 0 Å². The zero-order valence-electron chi connectivity index (χ0n) is 18.7. The van der Waals surface area contributed by atoms with Gasteiger partial charge in [0.05, 0.1) is 18.8 Å². The fraction of sp³-hybridized carbons (Fsp3) is 0.391. The van der Waals surface area contributed by atoms with Gasteiger partial charge in [-0.3, -0.25) is 8.37 Å². The summed E-state index contributed by atoms with van der Waals surface area (Å²) in [6, 6.07) is 9.43. The monoisotopic (exact) mass is 483 g/mol. The topological polar surface area (TPSA) is 109 Å². The lowest BCUT2D eigenvalue weighted by Crippen LogP contribution is -2.39. The Labute approximate surface area is 200 Å². The quantitative estimate of drug-likeness (QED) is 0.519. The Morgan fingerprint density at radius 2 is 1.65 bits per heavy atom. The second-order valence-corrected chi connectivity index (χ2v) is 8.98. The van der Waals surface area contributed by atoms with Crippen LogP contribution in [0.4, 0.5) is 5.95 Å². The standard InChI is InChI=1S/C23H25N5O5S/c1-16-21(32-19-5-3-17(4-6-19)18-13-30-34(29)31-14-18)26-15-27-22(16)33-20-7-11-28(12-8-20)23-24-9-2-10-25-23/h2-6,9-10,15,18,20H,7-8,11-14H2,1H3/t18-,34+. The highest BCUT2D eigenvalue weighted by atomic mass is 32.2. The van der Waals surface area contributed by atoms with Gasteiger partial charge in [-0.15, -0.1) is 0 Å². The van der Waals surface area contributed by atoms with Crippen molar-refractivity contribution in [1.82, 2.24) is 19.9 Å². The number of ether oxygens (including phenoxy) is 2. The first-order chi connectivity index (χ1) is 16.7. The molecule has 0 saturated carbocycles. The Balaban J connectivity index is 1.19. The van der Waals surface area contributed by atoms with Crippen LogP contribution in [0.25, 0.3) is 0 Å². The normalized spacial score (nSPS) is 21.3. The summed E-state index contributed by atoms with van der Waals surface area (Å²) in [5, 5.41) is 0. The number of benzene rings is 1. The lowest BCUT2D eigenvalue weighted by molar-refractivity contribution is 0.160. The molecule has 34 heavy (non-hydrogen) atoms. The van der Waals surface area contributed by atoms with Gasteiger partial charge in [0.1, 0.15) is 18.2 Å². The first-order valence-corrected chi connectivity index (χ1v) is 12.1. The molecular formula is C23H25N5O5S. The number of rotatable bonds is 6. The molecule has 0 radical (unpaired) electrons. The van der Waals surface area contributed by atoms with Crippen LogP contribution in [0, 0.1) is 6.92 Å². The van der Waals surface area contributed by atoms with Gasteiger partial charge in [0.2, 0.25) is 17.7 Å². The summed E-state index contributed by atoms with van der Waals surface area (Å²) < 4.78 is 33.5. The van der Waals surface area contributed by atoms with Crippen molar-refractivity contribution >= 4 is 17.3 Å². The SMILES string of the molecule is Cc1c(Oc2ccc([C@H]3CO[S@@](=O)OC3)cc2)ncnc1OC1CCN(c2ncccn2)CC1. The van der Waals surface area contributed by atoms with E-state index in [0.29, 0.717) is 30.7 Å². The van der Waals surface area contributed by atoms with Gasteiger partial charge in [-0.1, -0.05) is 12.1 Å². The summed E-state index contributed by atoms with van der Waals surface area (Å²) in [6.07, 6.45) is 6.72. The minimum atomic E-state index is -1.64. The molecule has 2 aliphatic heterocycles. The van der Waals surface area contributed by atoms with Crippen LogP contribution in [0.2, 0.25) is 0 Å². The predicted molar refractivity (Wildman–Crippen MR) is 124 cm³/mol. The van der Waals surface area contributed by atoms with Crippen molar-refractivity contribution in [1.29, 1.82) is 0 Å². The van der Waals surface area contributed by atoms with Gasteiger partial charge >= 0.3 is 11.4 Å².